The molecular formula is C14H18O2. The van der Waals surface area contributed by atoms with E-state index in [1.807, 2.05) is 45.9 Å². The van der Waals surface area contributed by atoms with Gasteiger partial charge in [0.2, 0.25) is 0 Å². The highest BCUT2D eigenvalue weighted by Gasteiger charge is 2.68. The van der Waals surface area contributed by atoms with Crippen LogP contribution in [0.1, 0.15) is 37.0 Å². The summed E-state index contributed by atoms with van der Waals surface area (Å²) in [5.74, 6) is -0.685. The molecule has 1 aromatic rings. The number of aliphatic carboxylic acids is 1. The van der Waals surface area contributed by atoms with Crippen LogP contribution in [0.3, 0.4) is 0 Å². The van der Waals surface area contributed by atoms with E-state index >= 15 is 0 Å². The molecule has 0 radical (unpaired) electrons. The third-order valence-electron chi connectivity index (χ3n) is 4.01. The monoisotopic (exact) mass is 218 g/mol. The van der Waals surface area contributed by atoms with Gasteiger partial charge in [-0.15, -0.1) is 0 Å². The van der Waals surface area contributed by atoms with Crippen LogP contribution in [0.5, 0.6) is 0 Å². The topological polar surface area (TPSA) is 37.3 Å². The molecular weight excluding hydrogens is 200 g/mol. The number of carbonyl (C=O) groups is 1. The first-order chi connectivity index (χ1) is 7.33. The average Bonchev–Trinajstić information content (AvgIpc) is 2.70. The predicted octanol–water partition coefficient (Wildman–Crippen LogP) is 3.06. The van der Waals surface area contributed by atoms with E-state index < -0.39 is 11.4 Å². The van der Waals surface area contributed by atoms with Crippen molar-refractivity contribution in [2.75, 3.05) is 0 Å². The fourth-order valence-electron chi connectivity index (χ4n) is 3.01. The summed E-state index contributed by atoms with van der Waals surface area (Å²) in [6, 6.07) is 5.99. The van der Waals surface area contributed by atoms with Gasteiger partial charge in [0.1, 0.15) is 0 Å². The number of aryl methyl sites for hydroxylation is 2. The number of carboxylic acids is 1. The van der Waals surface area contributed by atoms with Crippen molar-refractivity contribution in [3.63, 3.8) is 0 Å². The van der Waals surface area contributed by atoms with Gasteiger partial charge in [-0.3, -0.25) is 4.79 Å². The van der Waals surface area contributed by atoms with Crippen LogP contribution in [0.2, 0.25) is 0 Å². The summed E-state index contributed by atoms with van der Waals surface area (Å²) in [7, 11) is 0. The quantitative estimate of drug-likeness (QED) is 0.828. The Morgan fingerprint density at radius 2 is 1.69 bits per heavy atom. The van der Waals surface area contributed by atoms with Crippen molar-refractivity contribution in [3.05, 3.63) is 34.9 Å². The van der Waals surface area contributed by atoms with Crippen LogP contribution in [-0.2, 0) is 10.2 Å². The first-order valence-corrected chi connectivity index (χ1v) is 5.63. The SMILES string of the molecule is Cc1cccc(C)c1C1(C(=O)O)CC1(C)C. The lowest BCUT2D eigenvalue weighted by Crippen LogP contribution is -2.27. The molecule has 0 aliphatic heterocycles. The minimum Gasteiger partial charge on any atom is -0.481 e. The third kappa shape index (κ3) is 1.22. The van der Waals surface area contributed by atoms with Crippen molar-refractivity contribution in [2.45, 2.75) is 39.5 Å². The molecule has 1 saturated carbocycles. The molecule has 1 aromatic carbocycles. The van der Waals surface area contributed by atoms with Gasteiger partial charge in [0, 0.05) is 0 Å². The lowest BCUT2D eigenvalue weighted by Gasteiger charge is -2.21. The Balaban J connectivity index is 2.64. The second kappa shape index (κ2) is 3.09. The van der Waals surface area contributed by atoms with Gasteiger partial charge in [0.15, 0.2) is 0 Å². The van der Waals surface area contributed by atoms with Crippen LogP contribution in [0.25, 0.3) is 0 Å². The van der Waals surface area contributed by atoms with E-state index in [1.165, 1.54) is 0 Å². The van der Waals surface area contributed by atoms with Crippen LogP contribution in [-0.4, -0.2) is 11.1 Å². The number of rotatable bonds is 2. The van der Waals surface area contributed by atoms with E-state index in [1.54, 1.807) is 0 Å². The molecule has 1 aliphatic carbocycles. The van der Waals surface area contributed by atoms with Crippen LogP contribution < -0.4 is 0 Å². The maximum absolute atomic E-state index is 11.6. The van der Waals surface area contributed by atoms with Gasteiger partial charge in [0.25, 0.3) is 0 Å². The van der Waals surface area contributed by atoms with Gasteiger partial charge in [-0.1, -0.05) is 32.0 Å². The molecule has 0 saturated heterocycles. The Morgan fingerprint density at radius 3 is 2.00 bits per heavy atom. The first-order valence-electron chi connectivity index (χ1n) is 5.63. The Hall–Kier alpha value is -1.31. The van der Waals surface area contributed by atoms with Gasteiger partial charge in [-0.25, -0.2) is 0 Å². The second-order valence-corrected chi connectivity index (χ2v) is 5.54. The van der Waals surface area contributed by atoms with E-state index in [0.717, 1.165) is 23.1 Å². The van der Waals surface area contributed by atoms with E-state index in [2.05, 4.69) is 0 Å². The van der Waals surface area contributed by atoms with Crippen molar-refractivity contribution >= 4 is 5.97 Å². The maximum atomic E-state index is 11.6. The molecule has 0 spiro atoms. The van der Waals surface area contributed by atoms with E-state index in [-0.39, 0.29) is 5.41 Å². The van der Waals surface area contributed by atoms with Crippen molar-refractivity contribution in [3.8, 4) is 0 Å². The van der Waals surface area contributed by atoms with Gasteiger partial charge in [-0.2, -0.15) is 0 Å². The zero-order chi connectivity index (χ0) is 12.1. The Kier molecular flexibility index (Phi) is 2.16. The Morgan fingerprint density at radius 1 is 1.25 bits per heavy atom. The molecule has 0 heterocycles. The lowest BCUT2D eigenvalue weighted by atomic mass is 9.82. The summed E-state index contributed by atoms with van der Waals surface area (Å²) in [5.41, 5.74) is 2.41. The summed E-state index contributed by atoms with van der Waals surface area (Å²) in [6.45, 7) is 8.07. The first kappa shape index (κ1) is 11.2. The number of hydrogen-bond acceptors (Lipinski definition) is 1. The van der Waals surface area contributed by atoms with Gasteiger partial charge >= 0.3 is 5.97 Å². The lowest BCUT2D eigenvalue weighted by molar-refractivity contribution is -0.141. The minimum atomic E-state index is -0.685. The molecule has 2 rings (SSSR count). The molecule has 1 N–H and O–H groups in total. The maximum Gasteiger partial charge on any atom is 0.314 e. The van der Waals surface area contributed by atoms with Gasteiger partial charge < -0.3 is 5.11 Å². The summed E-state index contributed by atoms with van der Waals surface area (Å²) in [6.07, 6.45) is 0.737. The fraction of sp³-hybridized carbons (Fsp3) is 0.500. The standard InChI is InChI=1S/C14H18O2/c1-9-6-5-7-10(2)11(9)14(12(15)16)8-13(14,3)4/h5-7H,8H2,1-4H3,(H,15,16). The summed E-state index contributed by atoms with van der Waals surface area (Å²) >= 11 is 0. The zero-order valence-corrected chi connectivity index (χ0v) is 10.3. The molecule has 2 nitrogen and oxygen atoms in total. The minimum absolute atomic E-state index is 0.129. The van der Waals surface area contributed by atoms with Crippen LogP contribution >= 0.6 is 0 Å². The van der Waals surface area contributed by atoms with Crippen molar-refractivity contribution in [2.24, 2.45) is 5.41 Å². The molecule has 0 aromatic heterocycles. The third-order valence-corrected chi connectivity index (χ3v) is 4.01. The van der Waals surface area contributed by atoms with Gasteiger partial charge in [-0.05, 0) is 42.4 Å². The van der Waals surface area contributed by atoms with E-state index in [0.29, 0.717) is 0 Å². The molecule has 1 aliphatic rings. The predicted molar refractivity (Wildman–Crippen MR) is 63.6 cm³/mol. The van der Waals surface area contributed by atoms with Crippen LogP contribution in [0, 0.1) is 19.3 Å². The number of hydrogen-bond donors (Lipinski definition) is 1. The molecule has 0 bridgehead atoms. The molecule has 1 fully saturated rings. The number of carboxylic acid groups (broad SMARTS) is 1. The molecule has 2 heteroatoms. The van der Waals surface area contributed by atoms with Crippen molar-refractivity contribution < 1.29 is 9.90 Å². The molecule has 0 amide bonds. The summed E-state index contributed by atoms with van der Waals surface area (Å²) in [5, 5.41) is 9.54. The van der Waals surface area contributed by atoms with Crippen molar-refractivity contribution in [1.29, 1.82) is 0 Å². The normalized spacial score (nSPS) is 26.5. The van der Waals surface area contributed by atoms with Crippen molar-refractivity contribution in [1.82, 2.24) is 0 Å². The Bertz CT molecular complexity index is 440. The van der Waals surface area contributed by atoms with Crippen LogP contribution in [0.4, 0.5) is 0 Å². The summed E-state index contributed by atoms with van der Waals surface area (Å²) < 4.78 is 0. The molecule has 1 unspecified atom stereocenters. The zero-order valence-electron chi connectivity index (χ0n) is 10.3. The highest BCUT2D eigenvalue weighted by molar-refractivity contribution is 5.88. The second-order valence-electron chi connectivity index (χ2n) is 5.54. The van der Waals surface area contributed by atoms with E-state index in [9.17, 15) is 9.90 Å². The molecule has 1 atom stereocenters. The van der Waals surface area contributed by atoms with Gasteiger partial charge in [0.05, 0.1) is 5.41 Å². The average molecular weight is 218 g/mol. The highest BCUT2D eigenvalue weighted by Crippen LogP contribution is 2.65. The smallest absolute Gasteiger partial charge is 0.314 e. The van der Waals surface area contributed by atoms with Crippen LogP contribution in [0.15, 0.2) is 18.2 Å². The highest BCUT2D eigenvalue weighted by atomic mass is 16.4. The molecule has 86 valence electrons. The fourth-order valence-corrected chi connectivity index (χ4v) is 3.01. The summed E-state index contributed by atoms with van der Waals surface area (Å²) in [4.78, 5) is 11.6. The largest absolute Gasteiger partial charge is 0.481 e. The number of benzene rings is 1. The van der Waals surface area contributed by atoms with E-state index in [4.69, 9.17) is 0 Å². The molecule has 16 heavy (non-hydrogen) atoms. The Labute approximate surface area is 96.3 Å².